The summed E-state index contributed by atoms with van der Waals surface area (Å²) in [4.78, 5) is 15.8. The molecule has 148 valence electrons. The van der Waals surface area contributed by atoms with E-state index in [1.165, 1.54) is 24.8 Å². The van der Waals surface area contributed by atoms with Crippen molar-refractivity contribution in [2.24, 2.45) is 17.3 Å². The van der Waals surface area contributed by atoms with Crippen LogP contribution in [0, 0.1) is 17.3 Å². The molecular formula is C24H36N2O. The molecule has 4 atom stereocenters. The fraction of sp³-hybridized carbons (Fsp3) is 0.708. The highest BCUT2D eigenvalue weighted by atomic mass is 16.2. The van der Waals surface area contributed by atoms with Crippen LogP contribution in [-0.4, -0.2) is 37.0 Å². The van der Waals surface area contributed by atoms with E-state index >= 15 is 0 Å². The number of piperidine rings is 1. The van der Waals surface area contributed by atoms with Gasteiger partial charge in [-0.1, -0.05) is 44.2 Å². The maximum Gasteiger partial charge on any atom is 0.228 e. The third-order valence-electron chi connectivity index (χ3n) is 7.70. The van der Waals surface area contributed by atoms with Crippen molar-refractivity contribution in [2.45, 2.75) is 70.3 Å². The van der Waals surface area contributed by atoms with Gasteiger partial charge >= 0.3 is 0 Å². The molecule has 3 nitrogen and oxygen atoms in total. The molecule has 27 heavy (non-hydrogen) atoms. The molecule has 1 aliphatic heterocycles. The van der Waals surface area contributed by atoms with Crippen molar-refractivity contribution in [3.05, 3.63) is 35.9 Å². The van der Waals surface area contributed by atoms with E-state index in [1.54, 1.807) is 0 Å². The first-order valence-corrected chi connectivity index (χ1v) is 11.0. The summed E-state index contributed by atoms with van der Waals surface area (Å²) in [5, 5.41) is 3.42. The molecule has 0 radical (unpaired) electrons. The quantitative estimate of drug-likeness (QED) is 0.859. The lowest BCUT2D eigenvalue weighted by atomic mass is 9.50. The number of hydrogen-bond acceptors (Lipinski definition) is 2. The smallest absolute Gasteiger partial charge is 0.228 e. The van der Waals surface area contributed by atoms with E-state index in [0.717, 1.165) is 44.7 Å². The van der Waals surface area contributed by atoms with Gasteiger partial charge in [-0.05, 0) is 80.8 Å². The molecule has 2 saturated carbocycles. The lowest BCUT2D eigenvalue weighted by Gasteiger charge is -2.55. The van der Waals surface area contributed by atoms with E-state index in [-0.39, 0.29) is 10.8 Å². The first-order valence-electron chi connectivity index (χ1n) is 11.0. The van der Waals surface area contributed by atoms with Gasteiger partial charge in [0.2, 0.25) is 5.91 Å². The Morgan fingerprint density at radius 2 is 1.81 bits per heavy atom. The number of nitrogens with zero attached hydrogens (tertiary/aromatic N) is 1. The number of benzene rings is 1. The van der Waals surface area contributed by atoms with Gasteiger partial charge in [0.05, 0.1) is 0 Å². The molecule has 4 unspecified atom stereocenters. The van der Waals surface area contributed by atoms with E-state index < -0.39 is 0 Å². The lowest BCUT2D eigenvalue weighted by Crippen LogP contribution is -2.55. The molecule has 3 fully saturated rings. The average molecular weight is 369 g/mol. The number of carbonyl (C=O) groups excluding carboxylic acids is 1. The molecule has 3 aliphatic rings. The van der Waals surface area contributed by atoms with Gasteiger partial charge in [-0.25, -0.2) is 0 Å². The van der Waals surface area contributed by atoms with E-state index in [9.17, 15) is 4.79 Å². The van der Waals surface area contributed by atoms with Gasteiger partial charge in [0.15, 0.2) is 0 Å². The Hall–Kier alpha value is -1.35. The Morgan fingerprint density at radius 1 is 1.11 bits per heavy atom. The molecule has 0 aromatic heterocycles. The summed E-state index contributed by atoms with van der Waals surface area (Å²) in [6.45, 7) is 6.75. The van der Waals surface area contributed by atoms with Crippen LogP contribution in [0.2, 0.25) is 0 Å². The third kappa shape index (κ3) is 3.55. The minimum Gasteiger partial charge on any atom is -0.342 e. The second kappa shape index (κ2) is 7.24. The average Bonchev–Trinajstić information content (AvgIpc) is 2.67. The van der Waals surface area contributed by atoms with Crippen LogP contribution in [0.3, 0.4) is 0 Å². The van der Waals surface area contributed by atoms with Crippen LogP contribution >= 0.6 is 0 Å². The van der Waals surface area contributed by atoms with Gasteiger partial charge in [0, 0.05) is 18.5 Å². The predicted octanol–water partition coefficient (Wildman–Crippen LogP) is 4.37. The Kier molecular flexibility index (Phi) is 5.09. The number of amides is 1. The molecule has 1 aromatic carbocycles. The van der Waals surface area contributed by atoms with Crippen LogP contribution < -0.4 is 5.32 Å². The van der Waals surface area contributed by atoms with Gasteiger partial charge in [0.1, 0.15) is 0 Å². The summed E-state index contributed by atoms with van der Waals surface area (Å²) in [5.74, 6) is 1.83. The number of nitrogens with one attached hydrogen (secondary N) is 1. The Bertz CT molecular complexity index is 664. The van der Waals surface area contributed by atoms with Crippen LogP contribution in [0.1, 0.15) is 64.4 Å². The van der Waals surface area contributed by atoms with Crippen LogP contribution in [0.4, 0.5) is 0 Å². The largest absolute Gasteiger partial charge is 0.342 e. The van der Waals surface area contributed by atoms with Crippen LogP contribution in [0.5, 0.6) is 0 Å². The molecule has 4 rings (SSSR count). The zero-order chi connectivity index (χ0) is 19.1. The summed E-state index contributed by atoms with van der Waals surface area (Å²) in [5.41, 5.74) is 1.42. The monoisotopic (exact) mass is 368 g/mol. The zero-order valence-electron chi connectivity index (χ0n) is 17.3. The third-order valence-corrected chi connectivity index (χ3v) is 7.70. The number of hydrogen-bond donors (Lipinski definition) is 1. The molecule has 2 aliphatic carbocycles. The van der Waals surface area contributed by atoms with Crippen molar-refractivity contribution in [3.8, 4) is 0 Å². The summed E-state index contributed by atoms with van der Waals surface area (Å²) in [6.07, 6.45) is 8.04. The highest BCUT2D eigenvalue weighted by molar-refractivity contribution is 5.83. The first kappa shape index (κ1) is 19.0. The first-order chi connectivity index (χ1) is 12.9. The number of carbonyl (C=O) groups is 1. The van der Waals surface area contributed by atoms with Gasteiger partial charge in [-0.2, -0.15) is 0 Å². The van der Waals surface area contributed by atoms with Crippen molar-refractivity contribution in [1.29, 1.82) is 0 Å². The number of rotatable bonds is 3. The predicted molar refractivity (Wildman–Crippen MR) is 111 cm³/mol. The highest BCUT2D eigenvalue weighted by Crippen LogP contribution is 2.58. The highest BCUT2D eigenvalue weighted by Gasteiger charge is 2.54. The van der Waals surface area contributed by atoms with E-state index in [1.807, 2.05) is 0 Å². The maximum atomic E-state index is 13.7. The van der Waals surface area contributed by atoms with Crippen LogP contribution in [-0.2, 0) is 10.2 Å². The summed E-state index contributed by atoms with van der Waals surface area (Å²) < 4.78 is 0. The zero-order valence-corrected chi connectivity index (χ0v) is 17.3. The SMILES string of the molecule is CC1CC2CC(C)(C(=O)N(C)C3CCNCC3)CC(c3ccccc3)(C1)C2. The van der Waals surface area contributed by atoms with Crippen molar-refractivity contribution in [1.82, 2.24) is 10.2 Å². The number of fused-ring (bicyclic) bond motifs is 2. The van der Waals surface area contributed by atoms with E-state index in [0.29, 0.717) is 17.9 Å². The molecule has 0 spiro atoms. The Morgan fingerprint density at radius 3 is 2.52 bits per heavy atom. The normalized spacial score (nSPS) is 37.0. The molecule has 2 bridgehead atoms. The second-order valence-corrected chi connectivity index (χ2v) is 10.1. The van der Waals surface area contributed by atoms with Gasteiger partial charge in [-0.15, -0.1) is 0 Å². The van der Waals surface area contributed by atoms with Crippen molar-refractivity contribution in [2.75, 3.05) is 20.1 Å². The standard InChI is InChI=1S/C24H36N2O/c1-18-13-19-15-23(2,22(27)26(3)21-9-11-25-12-10-21)17-24(14-18,16-19)20-7-5-4-6-8-20/h4-8,18-19,21,25H,9-17H2,1-3H3. The lowest BCUT2D eigenvalue weighted by molar-refractivity contribution is -0.149. The Balaban J connectivity index is 1.62. The molecule has 1 N–H and O–H groups in total. The van der Waals surface area contributed by atoms with E-state index in [4.69, 9.17) is 0 Å². The van der Waals surface area contributed by atoms with Gasteiger partial charge < -0.3 is 10.2 Å². The molecular weight excluding hydrogens is 332 g/mol. The second-order valence-electron chi connectivity index (χ2n) is 10.1. The van der Waals surface area contributed by atoms with Crippen molar-refractivity contribution < 1.29 is 4.79 Å². The summed E-state index contributed by atoms with van der Waals surface area (Å²) >= 11 is 0. The topological polar surface area (TPSA) is 32.3 Å². The fourth-order valence-corrected chi connectivity index (χ4v) is 6.87. The molecule has 1 saturated heterocycles. The van der Waals surface area contributed by atoms with Crippen molar-refractivity contribution in [3.63, 3.8) is 0 Å². The van der Waals surface area contributed by atoms with Crippen LogP contribution in [0.25, 0.3) is 0 Å². The van der Waals surface area contributed by atoms with Gasteiger partial charge in [-0.3, -0.25) is 4.79 Å². The minimum atomic E-state index is -0.224. The van der Waals surface area contributed by atoms with Crippen LogP contribution in [0.15, 0.2) is 30.3 Å². The molecule has 1 heterocycles. The molecule has 1 aromatic rings. The fourth-order valence-electron chi connectivity index (χ4n) is 6.87. The Labute approximate surface area is 164 Å². The summed E-state index contributed by atoms with van der Waals surface area (Å²) in [6, 6.07) is 11.5. The van der Waals surface area contributed by atoms with Gasteiger partial charge in [0.25, 0.3) is 0 Å². The maximum absolute atomic E-state index is 13.7. The minimum absolute atomic E-state index is 0.182. The molecule has 3 heteroatoms. The summed E-state index contributed by atoms with van der Waals surface area (Å²) in [7, 11) is 2.06. The van der Waals surface area contributed by atoms with Crippen molar-refractivity contribution >= 4 is 5.91 Å². The molecule has 1 amide bonds. The van der Waals surface area contributed by atoms with E-state index in [2.05, 4.69) is 61.4 Å².